The van der Waals surface area contributed by atoms with Crippen LogP contribution in [0.3, 0.4) is 0 Å². The number of carbonyl (C=O) groups excluding carboxylic acids is 1. The molecule has 148 valence electrons. The molecule has 0 radical (unpaired) electrons. The van der Waals surface area contributed by atoms with Crippen LogP contribution in [0.15, 0.2) is 97.3 Å². The van der Waals surface area contributed by atoms with Gasteiger partial charge in [0.05, 0.1) is 5.92 Å². The van der Waals surface area contributed by atoms with E-state index in [1.807, 2.05) is 72.8 Å². The van der Waals surface area contributed by atoms with Gasteiger partial charge in [0.15, 0.2) is 5.82 Å². The number of nitrogens with one attached hydrogen (secondary N) is 2. The zero-order chi connectivity index (χ0) is 20.6. The van der Waals surface area contributed by atoms with Crippen LogP contribution in [0.5, 0.6) is 0 Å². The lowest BCUT2D eigenvalue weighted by Gasteiger charge is -2.17. The number of nitrogens with zero attached hydrogens (tertiary/aromatic N) is 3. The van der Waals surface area contributed by atoms with Gasteiger partial charge in [0, 0.05) is 18.9 Å². The highest BCUT2D eigenvalue weighted by atomic mass is 16.2. The van der Waals surface area contributed by atoms with Crippen molar-refractivity contribution in [3.8, 4) is 0 Å². The molecule has 4 rings (SSSR count). The minimum atomic E-state index is -0.433. The molecule has 6 heteroatoms. The maximum absolute atomic E-state index is 13.1. The lowest BCUT2D eigenvalue weighted by atomic mass is 9.90. The minimum absolute atomic E-state index is 0.155. The van der Waals surface area contributed by atoms with Crippen molar-refractivity contribution in [1.82, 2.24) is 15.2 Å². The Morgan fingerprint density at radius 2 is 1.40 bits per heavy atom. The third kappa shape index (κ3) is 4.86. The van der Waals surface area contributed by atoms with E-state index in [0.29, 0.717) is 18.2 Å². The first kappa shape index (κ1) is 19.3. The molecule has 0 aliphatic carbocycles. The SMILES string of the molecule is O=C(Nc1ccc(NCc2cccnc2)nn1)C(c1ccccc1)c1ccccc1. The van der Waals surface area contributed by atoms with Gasteiger partial charge >= 0.3 is 0 Å². The van der Waals surface area contributed by atoms with Gasteiger partial charge in [0.2, 0.25) is 5.91 Å². The second kappa shape index (κ2) is 9.43. The molecule has 0 saturated heterocycles. The third-order valence-corrected chi connectivity index (χ3v) is 4.64. The molecule has 0 atom stereocenters. The fourth-order valence-electron chi connectivity index (χ4n) is 3.17. The lowest BCUT2D eigenvalue weighted by Crippen LogP contribution is -2.23. The molecule has 0 aliphatic rings. The molecule has 0 bridgehead atoms. The van der Waals surface area contributed by atoms with E-state index >= 15 is 0 Å². The molecule has 0 fully saturated rings. The number of aromatic nitrogens is 3. The van der Waals surface area contributed by atoms with Crippen LogP contribution < -0.4 is 10.6 Å². The summed E-state index contributed by atoms with van der Waals surface area (Å²) in [5, 5.41) is 14.4. The molecule has 2 heterocycles. The van der Waals surface area contributed by atoms with E-state index in [0.717, 1.165) is 16.7 Å². The van der Waals surface area contributed by atoms with Gasteiger partial charge in [-0.05, 0) is 34.9 Å². The quantitative estimate of drug-likeness (QED) is 0.489. The number of hydrogen-bond acceptors (Lipinski definition) is 5. The second-order valence-electron chi connectivity index (χ2n) is 6.76. The van der Waals surface area contributed by atoms with Crippen molar-refractivity contribution >= 4 is 17.5 Å². The van der Waals surface area contributed by atoms with Crippen LogP contribution >= 0.6 is 0 Å². The average Bonchev–Trinajstić information content (AvgIpc) is 2.81. The van der Waals surface area contributed by atoms with Crippen LogP contribution in [-0.2, 0) is 11.3 Å². The van der Waals surface area contributed by atoms with E-state index < -0.39 is 5.92 Å². The van der Waals surface area contributed by atoms with Gasteiger partial charge in [-0.3, -0.25) is 9.78 Å². The Bertz CT molecular complexity index is 1030. The highest BCUT2D eigenvalue weighted by molar-refractivity contribution is 5.97. The van der Waals surface area contributed by atoms with Gasteiger partial charge in [0.25, 0.3) is 0 Å². The van der Waals surface area contributed by atoms with Gasteiger partial charge in [-0.1, -0.05) is 66.7 Å². The molecule has 2 aromatic carbocycles. The molecule has 0 unspecified atom stereocenters. The minimum Gasteiger partial charge on any atom is -0.364 e. The summed E-state index contributed by atoms with van der Waals surface area (Å²) in [6.45, 7) is 0.596. The molecule has 4 aromatic rings. The summed E-state index contributed by atoms with van der Waals surface area (Å²) in [5.74, 6) is 0.443. The van der Waals surface area contributed by atoms with E-state index in [4.69, 9.17) is 0 Å². The highest BCUT2D eigenvalue weighted by Crippen LogP contribution is 2.26. The summed E-state index contributed by atoms with van der Waals surface area (Å²) in [4.78, 5) is 17.2. The number of carbonyl (C=O) groups is 1. The lowest BCUT2D eigenvalue weighted by molar-refractivity contribution is -0.116. The molecule has 0 aliphatic heterocycles. The summed E-state index contributed by atoms with van der Waals surface area (Å²) in [6.07, 6.45) is 3.53. The van der Waals surface area contributed by atoms with E-state index in [9.17, 15) is 4.79 Å². The Kier molecular flexibility index (Phi) is 6.05. The monoisotopic (exact) mass is 395 g/mol. The summed E-state index contributed by atoms with van der Waals surface area (Å²) in [7, 11) is 0. The van der Waals surface area contributed by atoms with E-state index in [1.165, 1.54) is 0 Å². The van der Waals surface area contributed by atoms with Crippen molar-refractivity contribution in [1.29, 1.82) is 0 Å². The van der Waals surface area contributed by atoms with Crippen molar-refractivity contribution < 1.29 is 4.79 Å². The Labute approximate surface area is 175 Å². The Balaban J connectivity index is 1.46. The predicted molar refractivity (Wildman–Crippen MR) is 117 cm³/mol. The average molecular weight is 395 g/mol. The number of pyridine rings is 1. The summed E-state index contributed by atoms with van der Waals surface area (Å²) in [5.41, 5.74) is 2.89. The molecule has 2 N–H and O–H groups in total. The standard InChI is InChI=1S/C24H21N5O/c30-24(23(19-9-3-1-4-10-19)20-11-5-2-6-12-20)27-22-14-13-21(28-29-22)26-17-18-8-7-15-25-16-18/h1-16,23H,17H2,(H,26,28)(H,27,29,30). The van der Waals surface area contributed by atoms with Crippen LogP contribution in [0.1, 0.15) is 22.6 Å². The van der Waals surface area contributed by atoms with E-state index in [2.05, 4.69) is 25.8 Å². The third-order valence-electron chi connectivity index (χ3n) is 4.64. The van der Waals surface area contributed by atoms with Crippen molar-refractivity contribution in [2.75, 3.05) is 10.6 Å². The second-order valence-corrected chi connectivity index (χ2v) is 6.76. The van der Waals surface area contributed by atoms with Crippen LogP contribution in [0.25, 0.3) is 0 Å². The molecule has 6 nitrogen and oxygen atoms in total. The zero-order valence-corrected chi connectivity index (χ0v) is 16.3. The molecular formula is C24H21N5O. The number of benzene rings is 2. The van der Waals surface area contributed by atoms with Gasteiger partial charge < -0.3 is 10.6 Å². The molecule has 0 spiro atoms. The first-order chi connectivity index (χ1) is 14.8. The highest BCUT2D eigenvalue weighted by Gasteiger charge is 2.23. The fraction of sp³-hybridized carbons (Fsp3) is 0.0833. The van der Waals surface area contributed by atoms with Crippen LogP contribution in [0.2, 0.25) is 0 Å². The van der Waals surface area contributed by atoms with Crippen LogP contribution in [-0.4, -0.2) is 21.1 Å². The van der Waals surface area contributed by atoms with Gasteiger partial charge in [-0.25, -0.2) is 0 Å². The Morgan fingerprint density at radius 1 is 0.767 bits per heavy atom. The van der Waals surface area contributed by atoms with Gasteiger partial charge in [-0.15, -0.1) is 10.2 Å². The van der Waals surface area contributed by atoms with Crippen molar-refractivity contribution in [2.45, 2.75) is 12.5 Å². The maximum Gasteiger partial charge on any atom is 0.237 e. The summed E-state index contributed by atoms with van der Waals surface area (Å²) >= 11 is 0. The van der Waals surface area contributed by atoms with Gasteiger partial charge in [0.1, 0.15) is 5.82 Å². The van der Waals surface area contributed by atoms with Crippen molar-refractivity contribution in [3.63, 3.8) is 0 Å². The Hall–Kier alpha value is -4.06. The molecule has 0 saturated carbocycles. The molecule has 1 amide bonds. The topological polar surface area (TPSA) is 79.8 Å². The first-order valence-electron chi connectivity index (χ1n) is 9.67. The number of hydrogen-bond donors (Lipinski definition) is 2. The number of amides is 1. The molecular weight excluding hydrogens is 374 g/mol. The van der Waals surface area contributed by atoms with E-state index in [-0.39, 0.29) is 5.91 Å². The predicted octanol–water partition coefficient (Wildman–Crippen LogP) is 4.25. The number of anilines is 2. The summed E-state index contributed by atoms with van der Waals surface area (Å²) in [6, 6.07) is 26.8. The largest absolute Gasteiger partial charge is 0.364 e. The summed E-state index contributed by atoms with van der Waals surface area (Å²) < 4.78 is 0. The van der Waals surface area contributed by atoms with Crippen molar-refractivity contribution in [2.24, 2.45) is 0 Å². The smallest absolute Gasteiger partial charge is 0.237 e. The normalized spacial score (nSPS) is 10.6. The maximum atomic E-state index is 13.1. The first-order valence-corrected chi connectivity index (χ1v) is 9.67. The molecule has 2 aromatic heterocycles. The van der Waals surface area contributed by atoms with Gasteiger partial charge in [-0.2, -0.15) is 0 Å². The Morgan fingerprint density at radius 3 is 1.97 bits per heavy atom. The van der Waals surface area contributed by atoms with Crippen LogP contribution in [0.4, 0.5) is 11.6 Å². The zero-order valence-electron chi connectivity index (χ0n) is 16.3. The van der Waals surface area contributed by atoms with E-state index in [1.54, 1.807) is 24.5 Å². The molecule has 30 heavy (non-hydrogen) atoms. The van der Waals surface area contributed by atoms with Crippen molar-refractivity contribution in [3.05, 3.63) is 114 Å². The van der Waals surface area contributed by atoms with Crippen LogP contribution in [0, 0.1) is 0 Å². The number of rotatable bonds is 7. The fourth-order valence-corrected chi connectivity index (χ4v) is 3.17.